The van der Waals surface area contributed by atoms with Crippen LogP contribution in [0, 0.1) is 0 Å². The largest absolute Gasteiger partial charge is 0.490 e. The van der Waals surface area contributed by atoms with Gasteiger partial charge < -0.3 is 15.8 Å². The van der Waals surface area contributed by atoms with Crippen molar-refractivity contribution in [1.29, 1.82) is 0 Å². The molecule has 3 N–H and O–H groups in total. The van der Waals surface area contributed by atoms with E-state index in [2.05, 4.69) is 10.1 Å². The summed E-state index contributed by atoms with van der Waals surface area (Å²) in [5.41, 5.74) is 5.53. The molecule has 0 bridgehead atoms. The number of carbonyl (C=O) groups is 2. The highest BCUT2D eigenvalue weighted by atomic mass is 19.4. The molecule has 122 valence electrons. The lowest BCUT2D eigenvalue weighted by Gasteiger charge is -2.23. The van der Waals surface area contributed by atoms with Crippen molar-refractivity contribution >= 4 is 11.9 Å². The van der Waals surface area contributed by atoms with Gasteiger partial charge in [-0.2, -0.15) is 13.2 Å². The Morgan fingerprint density at radius 3 is 2.27 bits per heavy atom. The molecule has 1 fully saturated rings. The second kappa shape index (κ2) is 8.38. The standard InChI is InChI=1S/C7H10F3NO2.C7H7NO/c8-7(9,10)6(12)13-5-2-1-3-11-4-5;8-7(9)6-4-2-1-3-5-6/h5,11H,1-4H2;1-5H,(H2,8,9). The van der Waals surface area contributed by atoms with Crippen LogP contribution in [0.3, 0.4) is 0 Å². The number of halogens is 3. The van der Waals surface area contributed by atoms with E-state index in [-0.39, 0.29) is 5.91 Å². The van der Waals surface area contributed by atoms with Crippen molar-refractivity contribution in [3.05, 3.63) is 35.9 Å². The van der Waals surface area contributed by atoms with E-state index in [4.69, 9.17) is 5.73 Å². The van der Waals surface area contributed by atoms with Crippen LogP contribution in [0.2, 0.25) is 0 Å². The van der Waals surface area contributed by atoms with Gasteiger partial charge in [0.1, 0.15) is 6.10 Å². The van der Waals surface area contributed by atoms with E-state index in [1.807, 2.05) is 6.07 Å². The zero-order valence-corrected chi connectivity index (χ0v) is 11.7. The number of hydrogen-bond acceptors (Lipinski definition) is 4. The maximum atomic E-state index is 11.7. The Morgan fingerprint density at radius 2 is 1.86 bits per heavy atom. The Labute approximate surface area is 125 Å². The third kappa shape index (κ3) is 6.57. The summed E-state index contributed by atoms with van der Waals surface area (Å²) in [6.07, 6.45) is -4.29. The van der Waals surface area contributed by atoms with Crippen LogP contribution >= 0.6 is 0 Å². The topological polar surface area (TPSA) is 81.4 Å². The number of alkyl halides is 3. The van der Waals surface area contributed by atoms with E-state index in [0.717, 1.165) is 13.0 Å². The summed E-state index contributed by atoms with van der Waals surface area (Å²) >= 11 is 0. The maximum Gasteiger partial charge on any atom is 0.490 e. The predicted molar refractivity (Wildman–Crippen MR) is 73.0 cm³/mol. The average Bonchev–Trinajstić information content (AvgIpc) is 2.49. The van der Waals surface area contributed by atoms with Crippen molar-refractivity contribution in [2.45, 2.75) is 25.1 Å². The van der Waals surface area contributed by atoms with Gasteiger partial charge in [-0.15, -0.1) is 0 Å². The number of amides is 1. The summed E-state index contributed by atoms with van der Waals surface area (Å²) in [5, 5.41) is 2.85. The molecule has 22 heavy (non-hydrogen) atoms. The summed E-state index contributed by atoms with van der Waals surface area (Å²) in [6, 6.07) is 8.76. The number of primary amides is 1. The van der Waals surface area contributed by atoms with Crippen molar-refractivity contribution in [3.63, 3.8) is 0 Å². The lowest BCUT2D eigenvalue weighted by molar-refractivity contribution is -0.205. The lowest BCUT2D eigenvalue weighted by atomic mass is 10.1. The first-order valence-corrected chi connectivity index (χ1v) is 6.64. The Hall–Kier alpha value is -2.09. The van der Waals surface area contributed by atoms with Crippen LogP contribution in [0.25, 0.3) is 0 Å². The smallest absolute Gasteiger partial charge is 0.454 e. The zero-order valence-electron chi connectivity index (χ0n) is 11.7. The van der Waals surface area contributed by atoms with Crippen LogP contribution in [0.15, 0.2) is 30.3 Å². The third-order valence-corrected chi connectivity index (χ3v) is 2.82. The maximum absolute atomic E-state index is 11.7. The minimum Gasteiger partial charge on any atom is -0.454 e. The van der Waals surface area contributed by atoms with Gasteiger partial charge in [0.05, 0.1) is 0 Å². The zero-order chi connectivity index (χ0) is 16.6. The van der Waals surface area contributed by atoms with Gasteiger partial charge >= 0.3 is 12.1 Å². The van der Waals surface area contributed by atoms with Crippen molar-refractivity contribution < 1.29 is 27.5 Å². The van der Waals surface area contributed by atoms with Crippen molar-refractivity contribution in [3.8, 4) is 0 Å². The summed E-state index contributed by atoms with van der Waals surface area (Å²) < 4.78 is 39.4. The summed E-state index contributed by atoms with van der Waals surface area (Å²) in [7, 11) is 0. The highest BCUT2D eigenvalue weighted by Gasteiger charge is 2.42. The lowest BCUT2D eigenvalue weighted by Crippen LogP contribution is -2.39. The molecule has 1 aromatic rings. The number of ether oxygens (including phenoxy) is 1. The highest BCUT2D eigenvalue weighted by Crippen LogP contribution is 2.19. The number of rotatable bonds is 2. The van der Waals surface area contributed by atoms with Gasteiger partial charge in [0.15, 0.2) is 0 Å². The highest BCUT2D eigenvalue weighted by molar-refractivity contribution is 5.92. The molecular weight excluding hydrogens is 301 g/mol. The van der Waals surface area contributed by atoms with E-state index in [9.17, 15) is 22.8 Å². The van der Waals surface area contributed by atoms with Gasteiger partial charge in [-0.1, -0.05) is 18.2 Å². The van der Waals surface area contributed by atoms with E-state index in [1.54, 1.807) is 24.3 Å². The van der Waals surface area contributed by atoms with Crippen LogP contribution in [0.1, 0.15) is 23.2 Å². The molecule has 0 radical (unpaired) electrons. The van der Waals surface area contributed by atoms with Gasteiger partial charge in [-0.05, 0) is 31.5 Å². The minimum atomic E-state index is -4.88. The quantitative estimate of drug-likeness (QED) is 0.812. The summed E-state index contributed by atoms with van der Waals surface area (Å²) in [4.78, 5) is 20.8. The SMILES string of the molecule is NC(=O)c1ccccc1.O=C(OC1CCCNC1)C(F)(F)F. The molecule has 8 heteroatoms. The molecule has 0 spiro atoms. The summed E-state index contributed by atoms with van der Waals surface area (Å²) in [6.45, 7) is 1.07. The molecular formula is C14H17F3N2O3. The van der Waals surface area contributed by atoms with E-state index in [0.29, 0.717) is 18.5 Å². The number of esters is 1. The molecule has 2 rings (SSSR count). The first kappa shape index (κ1) is 18.0. The van der Waals surface area contributed by atoms with Crippen LogP contribution in [0.5, 0.6) is 0 Å². The van der Waals surface area contributed by atoms with E-state index < -0.39 is 18.2 Å². The van der Waals surface area contributed by atoms with Crippen LogP contribution in [-0.2, 0) is 9.53 Å². The fourth-order valence-electron chi connectivity index (χ4n) is 1.74. The predicted octanol–water partition coefficient (Wildman–Crippen LogP) is 1.63. The fraction of sp³-hybridized carbons (Fsp3) is 0.429. The molecule has 1 atom stereocenters. The van der Waals surface area contributed by atoms with Gasteiger partial charge in [0, 0.05) is 12.1 Å². The molecule has 1 unspecified atom stereocenters. The summed E-state index contributed by atoms with van der Waals surface area (Å²) in [5.74, 6) is -2.48. The molecule has 1 heterocycles. The van der Waals surface area contributed by atoms with Crippen molar-refractivity contribution in [2.75, 3.05) is 13.1 Å². The van der Waals surface area contributed by atoms with Crippen LogP contribution in [-0.4, -0.2) is 37.2 Å². The van der Waals surface area contributed by atoms with Gasteiger partial charge in [-0.25, -0.2) is 4.79 Å². The Bertz CT molecular complexity index is 486. The first-order chi connectivity index (χ1) is 10.3. The second-order valence-corrected chi connectivity index (χ2v) is 4.60. The van der Waals surface area contributed by atoms with Gasteiger partial charge in [0.2, 0.25) is 5.91 Å². The number of hydrogen-bond donors (Lipinski definition) is 2. The fourth-order valence-corrected chi connectivity index (χ4v) is 1.74. The average molecular weight is 318 g/mol. The number of nitrogens with one attached hydrogen (secondary N) is 1. The monoisotopic (exact) mass is 318 g/mol. The molecule has 0 aliphatic carbocycles. The number of piperidine rings is 1. The normalized spacial score (nSPS) is 17.9. The Kier molecular flexibility index (Phi) is 6.84. The third-order valence-electron chi connectivity index (χ3n) is 2.82. The van der Waals surface area contributed by atoms with Gasteiger partial charge in [-0.3, -0.25) is 4.79 Å². The van der Waals surface area contributed by atoms with Gasteiger partial charge in [0.25, 0.3) is 0 Å². The van der Waals surface area contributed by atoms with E-state index >= 15 is 0 Å². The molecule has 1 amide bonds. The second-order valence-electron chi connectivity index (χ2n) is 4.60. The number of benzene rings is 1. The first-order valence-electron chi connectivity index (χ1n) is 6.64. The molecule has 0 aromatic heterocycles. The molecule has 5 nitrogen and oxygen atoms in total. The molecule has 1 saturated heterocycles. The molecule has 1 aliphatic heterocycles. The van der Waals surface area contributed by atoms with E-state index in [1.165, 1.54) is 0 Å². The number of carbonyl (C=O) groups excluding carboxylic acids is 2. The van der Waals surface area contributed by atoms with Crippen molar-refractivity contribution in [2.24, 2.45) is 5.73 Å². The van der Waals surface area contributed by atoms with Crippen LogP contribution in [0.4, 0.5) is 13.2 Å². The number of nitrogens with two attached hydrogens (primary N) is 1. The van der Waals surface area contributed by atoms with Crippen LogP contribution < -0.4 is 11.1 Å². The Morgan fingerprint density at radius 1 is 1.23 bits per heavy atom. The van der Waals surface area contributed by atoms with Crippen molar-refractivity contribution in [1.82, 2.24) is 5.32 Å². The minimum absolute atomic E-state index is 0.307. The molecule has 0 saturated carbocycles. The Balaban J connectivity index is 0.000000235. The molecule has 1 aromatic carbocycles. The molecule has 1 aliphatic rings.